The van der Waals surface area contributed by atoms with Crippen LogP contribution >= 0.6 is 0 Å². The number of rotatable bonds is 4. The predicted octanol–water partition coefficient (Wildman–Crippen LogP) is 2.16. The van der Waals surface area contributed by atoms with Gasteiger partial charge in [-0.15, -0.1) is 0 Å². The van der Waals surface area contributed by atoms with Gasteiger partial charge in [-0.2, -0.15) is 0 Å². The van der Waals surface area contributed by atoms with Crippen molar-refractivity contribution in [3.05, 3.63) is 30.1 Å². The van der Waals surface area contributed by atoms with E-state index in [-0.39, 0.29) is 24.5 Å². The standard InChI is InChI=1S/C11H13FO3/c1-8(7-14-9(2)13)15-11-5-3-10(12)4-6-11/h3-6,8H,7H2,1-2H3. The molecule has 0 spiro atoms. The molecule has 1 aromatic rings. The Morgan fingerprint density at radius 3 is 2.53 bits per heavy atom. The lowest BCUT2D eigenvalue weighted by Gasteiger charge is -2.14. The molecule has 1 rings (SSSR count). The van der Waals surface area contributed by atoms with Crippen LogP contribution in [0.5, 0.6) is 5.75 Å². The van der Waals surface area contributed by atoms with Crippen LogP contribution in [0.4, 0.5) is 4.39 Å². The van der Waals surface area contributed by atoms with Gasteiger partial charge >= 0.3 is 5.97 Å². The van der Waals surface area contributed by atoms with Crippen LogP contribution in [0.25, 0.3) is 0 Å². The summed E-state index contributed by atoms with van der Waals surface area (Å²) in [5.74, 6) is -0.101. The quantitative estimate of drug-likeness (QED) is 0.717. The molecule has 0 aromatic heterocycles. The molecule has 0 amide bonds. The lowest BCUT2D eigenvalue weighted by molar-refractivity contribution is -0.143. The number of esters is 1. The SMILES string of the molecule is CC(=O)OCC(C)Oc1ccc(F)cc1. The Kier molecular flexibility index (Phi) is 4.09. The molecule has 15 heavy (non-hydrogen) atoms. The Labute approximate surface area is 87.8 Å². The zero-order chi connectivity index (χ0) is 11.3. The van der Waals surface area contributed by atoms with E-state index in [0.717, 1.165) is 0 Å². The third-order valence-corrected chi connectivity index (χ3v) is 1.67. The molecule has 0 saturated carbocycles. The summed E-state index contributed by atoms with van der Waals surface area (Å²) in [5, 5.41) is 0. The van der Waals surface area contributed by atoms with Gasteiger partial charge in [-0.25, -0.2) is 4.39 Å². The van der Waals surface area contributed by atoms with Crippen molar-refractivity contribution in [1.29, 1.82) is 0 Å². The van der Waals surface area contributed by atoms with E-state index >= 15 is 0 Å². The molecule has 0 heterocycles. The van der Waals surface area contributed by atoms with Crippen LogP contribution < -0.4 is 4.74 Å². The van der Waals surface area contributed by atoms with E-state index in [4.69, 9.17) is 9.47 Å². The summed E-state index contributed by atoms with van der Waals surface area (Å²) in [6, 6.07) is 5.68. The van der Waals surface area contributed by atoms with Gasteiger partial charge in [-0.05, 0) is 31.2 Å². The Bertz CT molecular complexity index is 321. The van der Waals surface area contributed by atoms with Crippen molar-refractivity contribution in [2.45, 2.75) is 20.0 Å². The van der Waals surface area contributed by atoms with Gasteiger partial charge in [0, 0.05) is 6.92 Å². The van der Waals surface area contributed by atoms with Gasteiger partial charge in [0.05, 0.1) is 0 Å². The first-order chi connectivity index (χ1) is 7.08. The molecule has 0 N–H and O–H groups in total. The lowest BCUT2D eigenvalue weighted by Crippen LogP contribution is -2.20. The number of halogens is 1. The Balaban J connectivity index is 2.40. The maximum absolute atomic E-state index is 12.6. The number of carbonyl (C=O) groups is 1. The number of hydrogen-bond acceptors (Lipinski definition) is 3. The molecule has 0 aliphatic carbocycles. The zero-order valence-corrected chi connectivity index (χ0v) is 8.70. The van der Waals surface area contributed by atoms with E-state index in [0.29, 0.717) is 5.75 Å². The van der Waals surface area contributed by atoms with Crippen molar-refractivity contribution in [2.75, 3.05) is 6.61 Å². The summed E-state index contributed by atoms with van der Waals surface area (Å²) < 4.78 is 22.7. The highest BCUT2D eigenvalue weighted by Crippen LogP contribution is 2.12. The van der Waals surface area contributed by atoms with Gasteiger partial charge in [0.15, 0.2) is 0 Å². The molecule has 1 aromatic carbocycles. The van der Waals surface area contributed by atoms with E-state index in [9.17, 15) is 9.18 Å². The van der Waals surface area contributed by atoms with Crippen molar-refractivity contribution in [1.82, 2.24) is 0 Å². The van der Waals surface area contributed by atoms with Crippen LogP contribution in [0.3, 0.4) is 0 Å². The third-order valence-electron chi connectivity index (χ3n) is 1.67. The molecule has 0 fully saturated rings. The number of benzene rings is 1. The molecule has 0 radical (unpaired) electrons. The first kappa shape index (κ1) is 11.5. The average molecular weight is 212 g/mol. The van der Waals surface area contributed by atoms with Crippen molar-refractivity contribution < 1.29 is 18.7 Å². The van der Waals surface area contributed by atoms with Crippen molar-refractivity contribution in [3.63, 3.8) is 0 Å². The van der Waals surface area contributed by atoms with Crippen LogP contribution in [0.2, 0.25) is 0 Å². The minimum atomic E-state index is -0.343. The Morgan fingerprint density at radius 1 is 1.40 bits per heavy atom. The highest BCUT2D eigenvalue weighted by Gasteiger charge is 2.05. The number of ether oxygens (including phenoxy) is 2. The Hall–Kier alpha value is -1.58. The largest absolute Gasteiger partial charge is 0.487 e. The summed E-state index contributed by atoms with van der Waals surface area (Å²) >= 11 is 0. The number of hydrogen-bond donors (Lipinski definition) is 0. The second-order valence-electron chi connectivity index (χ2n) is 3.18. The molecule has 0 aliphatic heterocycles. The molecule has 0 saturated heterocycles. The van der Waals surface area contributed by atoms with Gasteiger partial charge in [0.2, 0.25) is 0 Å². The molecular formula is C11H13FO3. The van der Waals surface area contributed by atoms with Crippen LogP contribution in [-0.2, 0) is 9.53 Å². The molecule has 0 aliphatic rings. The van der Waals surface area contributed by atoms with Gasteiger partial charge in [0.1, 0.15) is 24.3 Å². The summed E-state index contributed by atoms with van der Waals surface area (Å²) in [7, 11) is 0. The maximum Gasteiger partial charge on any atom is 0.302 e. The summed E-state index contributed by atoms with van der Waals surface area (Å²) in [5.41, 5.74) is 0. The molecule has 0 bridgehead atoms. The van der Waals surface area contributed by atoms with E-state index in [1.807, 2.05) is 0 Å². The summed E-state index contributed by atoms with van der Waals surface area (Å²) in [4.78, 5) is 10.5. The summed E-state index contributed by atoms with van der Waals surface area (Å²) in [6.07, 6.45) is -0.251. The first-order valence-electron chi connectivity index (χ1n) is 4.63. The predicted molar refractivity (Wildman–Crippen MR) is 53.1 cm³/mol. The van der Waals surface area contributed by atoms with Crippen LogP contribution in [0.1, 0.15) is 13.8 Å². The Morgan fingerprint density at radius 2 is 2.00 bits per heavy atom. The molecule has 3 nitrogen and oxygen atoms in total. The fraction of sp³-hybridized carbons (Fsp3) is 0.364. The van der Waals surface area contributed by atoms with Gasteiger partial charge in [0.25, 0.3) is 0 Å². The average Bonchev–Trinajstić information content (AvgIpc) is 2.19. The second-order valence-corrected chi connectivity index (χ2v) is 3.18. The van der Waals surface area contributed by atoms with Crippen LogP contribution in [0, 0.1) is 5.82 Å². The fourth-order valence-corrected chi connectivity index (χ4v) is 1.01. The molecule has 1 unspecified atom stereocenters. The minimum absolute atomic E-state index is 0.187. The lowest BCUT2D eigenvalue weighted by atomic mass is 10.3. The third kappa shape index (κ3) is 4.44. The number of carbonyl (C=O) groups excluding carboxylic acids is 1. The minimum Gasteiger partial charge on any atom is -0.487 e. The van der Waals surface area contributed by atoms with Gasteiger partial charge < -0.3 is 9.47 Å². The normalized spacial score (nSPS) is 11.9. The molecular weight excluding hydrogens is 199 g/mol. The second kappa shape index (κ2) is 5.34. The summed E-state index contributed by atoms with van der Waals surface area (Å²) in [6.45, 7) is 3.30. The fourth-order valence-electron chi connectivity index (χ4n) is 1.01. The van der Waals surface area contributed by atoms with Crippen LogP contribution in [-0.4, -0.2) is 18.7 Å². The monoisotopic (exact) mass is 212 g/mol. The molecule has 82 valence electrons. The molecule has 1 atom stereocenters. The van der Waals surface area contributed by atoms with E-state index < -0.39 is 0 Å². The van der Waals surface area contributed by atoms with E-state index in [1.165, 1.54) is 31.2 Å². The van der Waals surface area contributed by atoms with Gasteiger partial charge in [-0.1, -0.05) is 0 Å². The van der Waals surface area contributed by atoms with Crippen molar-refractivity contribution in [3.8, 4) is 5.75 Å². The van der Waals surface area contributed by atoms with E-state index in [1.54, 1.807) is 6.92 Å². The first-order valence-corrected chi connectivity index (χ1v) is 4.63. The maximum atomic E-state index is 12.6. The van der Waals surface area contributed by atoms with Gasteiger partial charge in [-0.3, -0.25) is 4.79 Å². The van der Waals surface area contributed by atoms with E-state index in [2.05, 4.69) is 0 Å². The zero-order valence-electron chi connectivity index (χ0n) is 8.70. The highest BCUT2D eigenvalue weighted by atomic mass is 19.1. The van der Waals surface area contributed by atoms with Crippen LogP contribution in [0.15, 0.2) is 24.3 Å². The van der Waals surface area contributed by atoms with Crippen molar-refractivity contribution >= 4 is 5.97 Å². The molecule has 4 heteroatoms. The highest BCUT2D eigenvalue weighted by molar-refractivity contribution is 5.65. The topological polar surface area (TPSA) is 35.5 Å². The van der Waals surface area contributed by atoms with Crippen molar-refractivity contribution in [2.24, 2.45) is 0 Å². The smallest absolute Gasteiger partial charge is 0.302 e.